The number of aromatic nitrogens is 6. The van der Waals surface area contributed by atoms with Gasteiger partial charge in [-0.25, -0.2) is 32.0 Å². The molecule has 0 unspecified atom stereocenters. The van der Waals surface area contributed by atoms with Crippen molar-refractivity contribution in [3.05, 3.63) is 57.7 Å². The van der Waals surface area contributed by atoms with Gasteiger partial charge in [-0.05, 0) is 44.4 Å². The average molecular weight is 587 g/mol. The normalized spacial score (nSPS) is 13.7. The minimum Gasteiger partial charge on any atom is -0.365 e. The molecule has 212 valence electrons. The number of primary amides is 1. The van der Waals surface area contributed by atoms with Gasteiger partial charge in [-0.1, -0.05) is 0 Å². The van der Waals surface area contributed by atoms with Crippen LogP contribution in [0.1, 0.15) is 81.5 Å². The number of carbonyl (C=O) groups is 2. The Morgan fingerprint density at radius 2 is 1.88 bits per heavy atom. The van der Waals surface area contributed by atoms with E-state index in [1.165, 1.54) is 24.4 Å². The van der Waals surface area contributed by atoms with E-state index >= 15 is 0 Å². The van der Waals surface area contributed by atoms with Crippen LogP contribution in [0, 0.1) is 6.92 Å². The first kappa shape index (κ1) is 26.8. The van der Waals surface area contributed by atoms with Crippen LogP contribution in [-0.2, 0) is 6.54 Å². The molecule has 5 aromatic heterocycles. The van der Waals surface area contributed by atoms with Crippen LogP contribution in [0.25, 0.3) is 27.0 Å². The first-order valence-corrected chi connectivity index (χ1v) is 13.5. The highest BCUT2D eigenvalue weighted by Crippen LogP contribution is 2.44. The Hall–Kier alpha value is -4.40. The molecule has 1 aliphatic rings. The molecule has 0 aromatic carbocycles. The molecule has 3 N–H and O–H groups in total. The molecule has 0 saturated heterocycles. The maximum Gasteiger partial charge on any atom is 0.280 e. The lowest BCUT2D eigenvalue weighted by atomic mass is 10.0. The summed E-state index contributed by atoms with van der Waals surface area (Å²) in [6, 6.07) is 3.75. The van der Waals surface area contributed by atoms with Gasteiger partial charge in [0.15, 0.2) is 11.3 Å². The quantitative estimate of drug-likeness (QED) is 0.226. The number of amides is 2. The molecule has 1 aliphatic carbocycles. The van der Waals surface area contributed by atoms with E-state index in [9.17, 15) is 27.2 Å². The average Bonchev–Trinajstić information content (AvgIpc) is 3.42. The number of pyridine rings is 1. The number of anilines is 1. The number of aryl methyl sites for hydroxylation is 1. The topological polar surface area (TPSA) is 133 Å². The molecule has 0 atom stereocenters. The van der Waals surface area contributed by atoms with E-state index in [1.807, 2.05) is 6.92 Å². The van der Waals surface area contributed by atoms with Crippen molar-refractivity contribution in [1.29, 1.82) is 0 Å². The number of hydrogen-bond acceptors (Lipinski definition) is 7. The van der Waals surface area contributed by atoms with Gasteiger partial charge in [0.05, 0.1) is 11.9 Å². The van der Waals surface area contributed by atoms with Crippen molar-refractivity contribution in [3.8, 4) is 11.1 Å². The van der Waals surface area contributed by atoms with Crippen LogP contribution in [0.3, 0.4) is 0 Å². The van der Waals surface area contributed by atoms with Crippen molar-refractivity contribution < 1.29 is 27.2 Å². The Morgan fingerprint density at radius 1 is 1.12 bits per heavy atom. The van der Waals surface area contributed by atoms with Crippen molar-refractivity contribution >= 4 is 44.7 Å². The molecule has 15 heteroatoms. The maximum absolute atomic E-state index is 13.8. The van der Waals surface area contributed by atoms with Gasteiger partial charge in [0.1, 0.15) is 21.1 Å². The van der Waals surface area contributed by atoms with Crippen molar-refractivity contribution in [2.75, 3.05) is 5.32 Å². The van der Waals surface area contributed by atoms with Crippen molar-refractivity contribution in [3.63, 3.8) is 0 Å². The number of nitrogens with two attached hydrogens (primary N) is 1. The van der Waals surface area contributed by atoms with Crippen LogP contribution in [0.4, 0.5) is 23.2 Å². The van der Waals surface area contributed by atoms with Crippen LogP contribution in [0.15, 0.2) is 24.4 Å². The van der Waals surface area contributed by atoms with E-state index in [2.05, 4.69) is 25.5 Å². The lowest BCUT2D eigenvalue weighted by Crippen LogP contribution is -2.17. The number of fused-ring (bicyclic) bond motifs is 2. The van der Waals surface area contributed by atoms with E-state index in [1.54, 1.807) is 11.6 Å². The zero-order valence-electron chi connectivity index (χ0n) is 21.7. The second kappa shape index (κ2) is 9.90. The minimum atomic E-state index is -2.91. The SMILES string of the molecule is CCn1ncc(-c2cc(C(F)F)nc3sc(C(N)=O)c(NC(=O)c4cc5nc(C6CC6)cc(C(F)F)n5n4)c23)c1C. The molecule has 41 heavy (non-hydrogen) atoms. The standard InChI is InChI=1S/C26H22F4N8O2S/c1-3-37-10(2)13(9-32-37)12-6-15(22(27)28)34-26-19(12)20(21(41-26)24(31)39)35-25(40)16-8-18-33-14(11-4-5-11)7-17(23(29)30)38(18)36-16/h6-9,11,22-23H,3-5H2,1-2H3,(H2,31,39)(H,35,40). The number of thiophene rings is 1. The molecule has 10 nitrogen and oxygen atoms in total. The fourth-order valence-electron chi connectivity index (χ4n) is 4.81. The van der Waals surface area contributed by atoms with Gasteiger partial charge in [-0.3, -0.25) is 14.3 Å². The molecule has 0 radical (unpaired) electrons. The number of nitrogens with zero attached hydrogens (tertiary/aromatic N) is 6. The first-order chi connectivity index (χ1) is 19.6. The smallest absolute Gasteiger partial charge is 0.280 e. The number of halogens is 4. The van der Waals surface area contributed by atoms with Gasteiger partial charge < -0.3 is 11.1 Å². The number of alkyl halides is 4. The zero-order valence-corrected chi connectivity index (χ0v) is 22.5. The minimum absolute atomic E-state index is 0.0489. The van der Waals surface area contributed by atoms with Crippen LogP contribution < -0.4 is 11.1 Å². The second-order valence-electron chi connectivity index (χ2n) is 9.64. The van der Waals surface area contributed by atoms with Crippen molar-refractivity contribution in [2.45, 2.75) is 52.0 Å². The molecule has 6 rings (SSSR count). The molecule has 2 amide bonds. The van der Waals surface area contributed by atoms with Gasteiger partial charge >= 0.3 is 0 Å². The Kier molecular flexibility index (Phi) is 6.47. The summed E-state index contributed by atoms with van der Waals surface area (Å²) in [6.07, 6.45) is -2.58. The van der Waals surface area contributed by atoms with Crippen LogP contribution in [0.5, 0.6) is 0 Å². The number of hydrogen-bond donors (Lipinski definition) is 2. The third-order valence-electron chi connectivity index (χ3n) is 6.99. The lowest BCUT2D eigenvalue weighted by Gasteiger charge is -2.10. The predicted octanol–water partition coefficient (Wildman–Crippen LogP) is 5.63. The van der Waals surface area contributed by atoms with Crippen LogP contribution in [0.2, 0.25) is 0 Å². The van der Waals surface area contributed by atoms with Crippen molar-refractivity contribution in [1.82, 2.24) is 29.4 Å². The van der Waals surface area contributed by atoms with Gasteiger partial charge in [-0.15, -0.1) is 11.3 Å². The molecule has 5 aromatic rings. The van der Waals surface area contributed by atoms with Gasteiger partial charge in [0.2, 0.25) is 0 Å². The molecule has 1 saturated carbocycles. The highest BCUT2D eigenvalue weighted by atomic mass is 32.1. The summed E-state index contributed by atoms with van der Waals surface area (Å²) in [7, 11) is 0. The highest BCUT2D eigenvalue weighted by Gasteiger charge is 2.30. The largest absolute Gasteiger partial charge is 0.365 e. The zero-order chi connectivity index (χ0) is 29.2. The Balaban J connectivity index is 1.50. The van der Waals surface area contributed by atoms with E-state index in [-0.39, 0.29) is 43.6 Å². The fraction of sp³-hybridized carbons (Fsp3) is 0.308. The number of carbonyl (C=O) groups excluding carboxylic acids is 2. The summed E-state index contributed by atoms with van der Waals surface area (Å²) >= 11 is 0.753. The third kappa shape index (κ3) is 4.59. The second-order valence-corrected chi connectivity index (χ2v) is 10.6. The Bertz CT molecular complexity index is 1860. The summed E-state index contributed by atoms with van der Waals surface area (Å²) in [5, 5.41) is 11.2. The van der Waals surface area contributed by atoms with E-state index < -0.39 is 36.1 Å². The van der Waals surface area contributed by atoms with E-state index in [0.29, 0.717) is 23.5 Å². The molecular formula is C26H22F4N8O2S. The Labute approximate surface area is 233 Å². The molecule has 0 bridgehead atoms. The highest BCUT2D eigenvalue weighted by molar-refractivity contribution is 7.21. The van der Waals surface area contributed by atoms with E-state index in [0.717, 1.165) is 28.7 Å². The fourth-order valence-corrected chi connectivity index (χ4v) is 5.83. The third-order valence-corrected chi connectivity index (χ3v) is 8.09. The summed E-state index contributed by atoms with van der Waals surface area (Å²) < 4.78 is 57.9. The number of rotatable bonds is 8. The monoisotopic (exact) mass is 586 g/mol. The summed E-state index contributed by atoms with van der Waals surface area (Å²) in [6.45, 7) is 4.15. The van der Waals surface area contributed by atoms with Gasteiger partial charge in [-0.2, -0.15) is 10.2 Å². The van der Waals surface area contributed by atoms with Crippen LogP contribution in [-0.4, -0.2) is 41.2 Å². The van der Waals surface area contributed by atoms with Gasteiger partial charge in [0, 0.05) is 40.9 Å². The summed E-state index contributed by atoms with van der Waals surface area (Å²) in [4.78, 5) is 34.2. The molecule has 5 heterocycles. The summed E-state index contributed by atoms with van der Waals surface area (Å²) in [5.41, 5.74) is 6.42. The van der Waals surface area contributed by atoms with Crippen LogP contribution >= 0.6 is 11.3 Å². The first-order valence-electron chi connectivity index (χ1n) is 12.7. The molecule has 0 spiro atoms. The molecular weight excluding hydrogens is 564 g/mol. The van der Waals surface area contributed by atoms with Crippen molar-refractivity contribution in [2.24, 2.45) is 5.73 Å². The number of nitrogens with one attached hydrogen (secondary N) is 1. The van der Waals surface area contributed by atoms with E-state index in [4.69, 9.17) is 5.73 Å². The Morgan fingerprint density at radius 3 is 2.49 bits per heavy atom. The predicted molar refractivity (Wildman–Crippen MR) is 143 cm³/mol. The lowest BCUT2D eigenvalue weighted by molar-refractivity contribution is 0.100. The maximum atomic E-state index is 13.8. The van der Waals surface area contributed by atoms with Gasteiger partial charge in [0.25, 0.3) is 24.7 Å². The summed E-state index contributed by atoms with van der Waals surface area (Å²) in [5.74, 6) is -1.67. The molecule has 0 aliphatic heterocycles. The molecule has 1 fully saturated rings.